The van der Waals surface area contributed by atoms with Crippen molar-refractivity contribution >= 4 is 16.6 Å². The maximum absolute atomic E-state index is 4.28. The molecule has 2 N–H and O–H groups in total. The minimum atomic E-state index is 0.747. The van der Waals surface area contributed by atoms with Crippen LogP contribution in [0.4, 0.5) is 5.69 Å². The summed E-state index contributed by atoms with van der Waals surface area (Å²) in [5.74, 6) is 0. The predicted molar refractivity (Wildman–Crippen MR) is 69.9 cm³/mol. The summed E-state index contributed by atoms with van der Waals surface area (Å²) in [5, 5.41) is 4.59. The van der Waals surface area contributed by atoms with E-state index in [0.717, 1.165) is 23.4 Å². The number of benzene rings is 1. The third-order valence-corrected chi connectivity index (χ3v) is 2.75. The highest BCUT2D eigenvalue weighted by Gasteiger charge is 1.97. The van der Waals surface area contributed by atoms with Gasteiger partial charge in [0.05, 0.1) is 12.2 Å². The summed E-state index contributed by atoms with van der Waals surface area (Å²) in [5.41, 5.74) is 3.32. The Balaban J connectivity index is 1.76. The van der Waals surface area contributed by atoms with Gasteiger partial charge in [-0.15, -0.1) is 0 Å². The third kappa shape index (κ3) is 2.13. The van der Waals surface area contributed by atoms with Crippen molar-refractivity contribution in [3.8, 4) is 0 Å². The van der Waals surface area contributed by atoms with Gasteiger partial charge in [0.15, 0.2) is 0 Å². The van der Waals surface area contributed by atoms with Crippen LogP contribution in [0.5, 0.6) is 0 Å². The van der Waals surface area contributed by atoms with Crippen LogP contribution in [-0.4, -0.2) is 9.97 Å². The molecular weight excluding hydrogens is 210 g/mol. The fraction of sp³-hybridized carbons (Fsp3) is 0.0714. The van der Waals surface area contributed by atoms with Gasteiger partial charge in [-0.05, 0) is 36.4 Å². The van der Waals surface area contributed by atoms with Crippen LogP contribution in [0, 0.1) is 0 Å². The highest BCUT2D eigenvalue weighted by molar-refractivity contribution is 5.82. The molecule has 3 heteroatoms. The van der Waals surface area contributed by atoms with E-state index in [2.05, 4.69) is 39.6 Å². The van der Waals surface area contributed by atoms with Crippen molar-refractivity contribution in [2.75, 3.05) is 5.32 Å². The van der Waals surface area contributed by atoms with Crippen LogP contribution in [0.15, 0.2) is 54.9 Å². The van der Waals surface area contributed by atoms with Crippen molar-refractivity contribution in [2.24, 2.45) is 0 Å². The Kier molecular flexibility index (Phi) is 2.50. The second-order valence-electron chi connectivity index (χ2n) is 3.95. The van der Waals surface area contributed by atoms with E-state index in [1.807, 2.05) is 30.6 Å². The highest BCUT2D eigenvalue weighted by Crippen LogP contribution is 2.18. The number of nitrogens with one attached hydrogen (secondary N) is 2. The van der Waals surface area contributed by atoms with Gasteiger partial charge in [0.2, 0.25) is 0 Å². The smallest absolute Gasteiger partial charge is 0.0594 e. The Bertz CT molecular complexity index is 613. The van der Waals surface area contributed by atoms with Gasteiger partial charge < -0.3 is 10.3 Å². The highest BCUT2D eigenvalue weighted by atomic mass is 14.9. The lowest BCUT2D eigenvalue weighted by atomic mass is 10.2. The molecule has 0 spiro atoms. The van der Waals surface area contributed by atoms with Crippen molar-refractivity contribution in [3.63, 3.8) is 0 Å². The van der Waals surface area contributed by atoms with E-state index in [-0.39, 0.29) is 0 Å². The van der Waals surface area contributed by atoms with Gasteiger partial charge in [0, 0.05) is 29.0 Å². The van der Waals surface area contributed by atoms with E-state index in [1.165, 1.54) is 5.39 Å². The molecule has 84 valence electrons. The molecule has 0 saturated carbocycles. The largest absolute Gasteiger partial charge is 0.379 e. The number of anilines is 1. The zero-order valence-electron chi connectivity index (χ0n) is 9.35. The average molecular weight is 223 g/mol. The molecule has 0 aliphatic rings. The van der Waals surface area contributed by atoms with Crippen LogP contribution in [0.2, 0.25) is 0 Å². The van der Waals surface area contributed by atoms with Gasteiger partial charge in [-0.1, -0.05) is 6.07 Å². The molecule has 1 aromatic carbocycles. The summed E-state index contributed by atoms with van der Waals surface area (Å²) in [4.78, 5) is 7.46. The molecule has 3 rings (SSSR count). The van der Waals surface area contributed by atoms with Gasteiger partial charge >= 0.3 is 0 Å². The van der Waals surface area contributed by atoms with E-state index in [0.29, 0.717) is 0 Å². The maximum Gasteiger partial charge on any atom is 0.0594 e. The lowest BCUT2D eigenvalue weighted by molar-refractivity contribution is 1.05. The molecule has 0 aliphatic heterocycles. The minimum absolute atomic E-state index is 0.747. The van der Waals surface area contributed by atoms with Crippen LogP contribution >= 0.6 is 0 Å². The number of hydrogen-bond donors (Lipinski definition) is 2. The fourth-order valence-corrected chi connectivity index (χ4v) is 1.86. The molecule has 0 atom stereocenters. The topological polar surface area (TPSA) is 40.7 Å². The van der Waals surface area contributed by atoms with E-state index >= 15 is 0 Å². The van der Waals surface area contributed by atoms with Crippen LogP contribution in [0.25, 0.3) is 10.9 Å². The molecule has 0 radical (unpaired) electrons. The second-order valence-corrected chi connectivity index (χ2v) is 3.95. The number of H-pyrrole nitrogens is 1. The first kappa shape index (κ1) is 9.90. The Morgan fingerprint density at radius 1 is 1.12 bits per heavy atom. The minimum Gasteiger partial charge on any atom is -0.379 e. The molecule has 0 amide bonds. The average Bonchev–Trinajstić information content (AvgIpc) is 2.85. The van der Waals surface area contributed by atoms with E-state index in [9.17, 15) is 0 Å². The lowest BCUT2D eigenvalue weighted by Crippen LogP contribution is -2.00. The van der Waals surface area contributed by atoms with Crippen molar-refractivity contribution in [1.82, 2.24) is 9.97 Å². The predicted octanol–water partition coefficient (Wildman–Crippen LogP) is 3.18. The summed E-state index contributed by atoms with van der Waals surface area (Å²) in [7, 11) is 0. The number of pyridine rings is 1. The zero-order chi connectivity index (χ0) is 11.5. The molecule has 3 nitrogen and oxygen atoms in total. The first-order valence-corrected chi connectivity index (χ1v) is 5.63. The standard InChI is InChI=1S/C14H13N3/c1-2-7-15-13(3-1)10-17-12-4-5-14-11(9-12)6-8-16-14/h1-9,16-17H,10H2. The summed E-state index contributed by atoms with van der Waals surface area (Å²) in [6.45, 7) is 0.747. The van der Waals surface area contributed by atoms with Crippen molar-refractivity contribution < 1.29 is 0 Å². The lowest BCUT2D eigenvalue weighted by Gasteiger charge is -2.05. The van der Waals surface area contributed by atoms with Crippen LogP contribution in [0.1, 0.15) is 5.69 Å². The number of aromatic amines is 1. The number of nitrogens with zero attached hydrogens (tertiary/aromatic N) is 1. The first-order chi connectivity index (χ1) is 8.42. The van der Waals surface area contributed by atoms with Gasteiger partial charge in [-0.2, -0.15) is 0 Å². The molecular formula is C14H13N3. The first-order valence-electron chi connectivity index (χ1n) is 5.63. The zero-order valence-corrected chi connectivity index (χ0v) is 9.35. The van der Waals surface area contributed by atoms with Crippen molar-refractivity contribution in [2.45, 2.75) is 6.54 Å². The molecule has 17 heavy (non-hydrogen) atoms. The molecule has 2 heterocycles. The number of rotatable bonds is 3. The molecule has 0 bridgehead atoms. The quantitative estimate of drug-likeness (QED) is 0.716. The fourth-order valence-electron chi connectivity index (χ4n) is 1.86. The summed E-state index contributed by atoms with van der Waals surface area (Å²) in [6.07, 6.45) is 3.76. The Morgan fingerprint density at radius 2 is 2.12 bits per heavy atom. The number of aromatic nitrogens is 2. The van der Waals surface area contributed by atoms with Gasteiger partial charge in [-0.3, -0.25) is 4.98 Å². The van der Waals surface area contributed by atoms with Gasteiger partial charge in [-0.25, -0.2) is 0 Å². The van der Waals surface area contributed by atoms with Gasteiger partial charge in [0.1, 0.15) is 0 Å². The molecule has 0 saturated heterocycles. The van der Waals surface area contributed by atoms with E-state index in [1.54, 1.807) is 0 Å². The third-order valence-electron chi connectivity index (χ3n) is 2.75. The number of hydrogen-bond acceptors (Lipinski definition) is 2. The van der Waals surface area contributed by atoms with E-state index < -0.39 is 0 Å². The van der Waals surface area contributed by atoms with Crippen molar-refractivity contribution in [1.29, 1.82) is 0 Å². The maximum atomic E-state index is 4.28. The molecule has 3 aromatic rings. The SMILES string of the molecule is c1ccc(CNc2ccc3[nH]ccc3c2)nc1. The normalized spacial score (nSPS) is 10.6. The van der Waals surface area contributed by atoms with Crippen molar-refractivity contribution in [3.05, 3.63) is 60.6 Å². The summed E-state index contributed by atoms with van der Waals surface area (Å²) >= 11 is 0. The monoisotopic (exact) mass is 223 g/mol. The Morgan fingerprint density at radius 3 is 3.00 bits per heavy atom. The molecule has 2 aromatic heterocycles. The van der Waals surface area contributed by atoms with Crippen LogP contribution in [0.3, 0.4) is 0 Å². The summed E-state index contributed by atoms with van der Waals surface area (Å²) in [6, 6.07) is 14.3. The van der Waals surface area contributed by atoms with Gasteiger partial charge in [0.25, 0.3) is 0 Å². The van der Waals surface area contributed by atoms with Crippen LogP contribution in [-0.2, 0) is 6.54 Å². The molecule has 0 aliphatic carbocycles. The Labute approximate surface area is 99.5 Å². The Hall–Kier alpha value is -2.29. The molecule has 0 fully saturated rings. The number of fused-ring (bicyclic) bond motifs is 1. The second kappa shape index (κ2) is 4.29. The summed E-state index contributed by atoms with van der Waals surface area (Å²) < 4.78 is 0. The molecule has 0 unspecified atom stereocenters. The van der Waals surface area contributed by atoms with Crippen LogP contribution < -0.4 is 5.32 Å². The van der Waals surface area contributed by atoms with E-state index in [4.69, 9.17) is 0 Å².